The van der Waals surface area contributed by atoms with Crippen LogP contribution < -0.4 is 16.0 Å². The van der Waals surface area contributed by atoms with Crippen LogP contribution >= 0.6 is 23.1 Å². The van der Waals surface area contributed by atoms with Gasteiger partial charge >= 0.3 is 5.97 Å². The van der Waals surface area contributed by atoms with Gasteiger partial charge in [-0.2, -0.15) is 0 Å². The molecule has 1 unspecified atom stereocenters. The minimum atomic E-state index is -0.502. The number of aryl methyl sites for hydroxylation is 2. The number of ether oxygens (including phenoxy) is 1. The highest BCUT2D eigenvalue weighted by Gasteiger charge is 2.26. The maximum atomic E-state index is 13.6. The van der Waals surface area contributed by atoms with Crippen molar-refractivity contribution >= 4 is 63.6 Å². The molecule has 0 aliphatic rings. The van der Waals surface area contributed by atoms with Gasteiger partial charge in [-0.3, -0.25) is 14.4 Å². The monoisotopic (exact) mass is 717 g/mol. The first-order chi connectivity index (χ1) is 24.6. The van der Waals surface area contributed by atoms with E-state index in [0.717, 1.165) is 27.1 Å². The van der Waals surface area contributed by atoms with E-state index in [1.165, 1.54) is 23.1 Å². The zero-order valence-electron chi connectivity index (χ0n) is 28.8. The molecule has 3 N–H and O–H groups in total. The predicted octanol–water partition coefficient (Wildman–Crippen LogP) is 9.13. The second-order valence-electron chi connectivity index (χ2n) is 11.7. The largest absolute Gasteiger partial charge is 0.462 e. The fourth-order valence-corrected chi connectivity index (χ4v) is 7.07. The number of thiophene rings is 1. The number of rotatable bonds is 13. The number of benzene rings is 4. The molecule has 0 aliphatic carbocycles. The van der Waals surface area contributed by atoms with Crippen LogP contribution in [0.25, 0.3) is 17.2 Å². The lowest BCUT2D eigenvalue weighted by Crippen LogP contribution is -2.30. The van der Waals surface area contributed by atoms with Crippen molar-refractivity contribution in [3.05, 3.63) is 142 Å². The maximum Gasteiger partial charge on any atom is 0.341 e. The Morgan fingerprint density at radius 3 is 2.18 bits per heavy atom. The second kappa shape index (κ2) is 17.5. The van der Waals surface area contributed by atoms with Gasteiger partial charge in [0, 0.05) is 27.1 Å². The first-order valence-electron chi connectivity index (χ1n) is 16.5. The summed E-state index contributed by atoms with van der Waals surface area (Å²) in [6.45, 7) is 7.84. The molecule has 5 rings (SSSR count). The molecule has 4 aromatic carbocycles. The van der Waals surface area contributed by atoms with Gasteiger partial charge in [0.25, 0.3) is 11.8 Å². The van der Waals surface area contributed by atoms with Crippen LogP contribution in [0.15, 0.2) is 119 Å². The number of anilines is 2. The zero-order chi connectivity index (χ0) is 36.3. The summed E-state index contributed by atoms with van der Waals surface area (Å²) in [5, 5.41) is 10.4. The Morgan fingerprint density at radius 1 is 0.824 bits per heavy atom. The normalized spacial score (nSPS) is 11.7. The third kappa shape index (κ3) is 9.84. The fraction of sp³-hybridized carbons (Fsp3) is 0.171. The highest BCUT2D eigenvalue weighted by Crippen LogP contribution is 2.37. The van der Waals surface area contributed by atoms with Gasteiger partial charge in [0.1, 0.15) is 16.3 Å². The van der Waals surface area contributed by atoms with Gasteiger partial charge in [-0.25, -0.2) is 4.79 Å². The van der Waals surface area contributed by atoms with Crippen LogP contribution in [0.4, 0.5) is 10.7 Å². The van der Waals surface area contributed by atoms with Gasteiger partial charge in [-0.15, -0.1) is 23.1 Å². The third-order valence-corrected chi connectivity index (χ3v) is 10.1. The lowest BCUT2D eigenvalue weighted by molar-refractivity contribution is -0.116. The quantitative estimate of drug-likeness (QED) is 0.0636. The SMILES string of the molecule is CCOC(=O)c1c(-c2ccc(C)cc2)csc1NC(=O)C(CC)Sc1cccc(NC(=O)/C(=C/c2ccc(C)cc2)NC(=O)c2ccccc2)c1. The maximum absolute atomic E-state index is 13.6. The number of thioether (sulfide) groups is 1. The van der Waals surface area contributed by atoms with Crippen LogP contribution in [-0.2, 0) is 14.3 Å². The topological polar surface area (TPSA) is 114 Å². The number of carbonyl (C=O) groups is 4. The minimum Gasteiger partial charge on any atom is -0.462 e. The van der Waals surface area contributed by atoms with Crippen molar-refractivity contribution in [2.24, 2.45) is 0 Å². The second-order valence-corrected chi connectivity index (χ2v) is 13.9. The number of carbonyl (C=O) groups excluding carboxylic acids is 4. The Bertz CT molecular complexity index is 2040. The number of nitrogens with one attached hydrogen (secondary N) is 3. The molecule has 8 nitrogen and oxygen atoms in total. The van der Waals surface area contributed by atoms with Crippen LogP contribution in [0.3, 0.4) is 0 Å². The van der Waals surface area contributed by atoms with Gasteiger partial charge in [0.05, 0.1) is 11.9 Å². The Hall–Kier alpha value is -5.45. The van der Waals surface area contributed by atoms with Crippen molar-refractivity contribution in [3.63, 3.8) is 0 Å². The summed E-state index contributed by atoms with van der Waals surface area (Å²) in [7, 11) is 0. The Balaban J connectivity index is 1.32. The van der Waals surface area contributed by atoms with Gasteiger partial charge in [0.2, 0.25) is 5.91 Å². The van der Waals surface area contributed by atoms with Crippen molar-refractivity contribution in [1.29, 1.82) is 0 Å². The molecule has 1 aromatic heterocycles. The molecule has 3 amide bonds. The van der Waals surface area contributed by atoms with Gasteiger partial charge in [0.15, 0.2) is 0 Å². The molecule has 260 valence electrons. The first kappa shape index (κ1) is 36.8. The van der Waals surface area contributed by atoms with Crippen molar-refractivity contribution < 1.29 is 23.9 Å². The van der Waals surface area contributed by atoms with Crippen LogP contribution in [0.1, 0.15) is 57.7 Å². The molecular formula is C41H39N3O5S2. The summed E-state index contributed by atoms with van der Waals surface area (Å²) in [5.41, 5.74) is 5.81. The highest BCUT2D eigenvalue weighted by molar-refractivity contribution is 8.00. The molecule has 51 heavy (non-hydrogen) atoms. The van der Waals surface area contributed by atoms with E-state index in [0.29, 0.717) is 33.8 Å². The summed E-state index contributed by atoms with van der Waals surface area (Å²) in [4.78, 5) is 54.1. The average Bonchev–Trinajstić information content (AvgIpc) is 3.55. The van der Waals surface area contributed by atoms with Gasteiger partial charge in [-0.05, 0) is 74.7 Å². The average molecular weight is 718 g/mol. The molecular weight excluding hydrogens is 679 g/mol. The molecule has 0 bridgehead atoms. The van der Waals surface area contributed by atoms with E-state index in [9.17, 15) is 19.2 Å². The number of hydrogen-bond donors (Lipinski definition) is 3. The van der Waals surface area contributed by atoms with Crippen LogP contribution in [0.2, 0.25) is 0 Å². The molecule has 1 atom stereocenters. The summed E-state index contributed by atoms with van der Waals surface area (Å²) in [6.07, 6.45) is 2.14. The molecule has 0 radical (unpaired) electrons. The van der Waals surface area contributed by atoms with Crippen molar-refractivity contribution in [1.82, 2.24) is 5.32 Å². The van der Waals surface area contributed by atoms with E-state index in [2.05, 4.69) is 16.0 Å². The summed E-state index contributed by atoms with van der Waals surface area (Å²) in [6, 6.07) is 31.3. The summed E-state index contributed by atoms with van der Waals surface area (Å²) >= 11 is 2.63. The van der Waals surface area contributed by atoms with Crippen molar-refractivity contribution in [2.45, 2.75) is 44.3 Å². The molecule has 1 heterocycles. The van der Waals surface area contributed by atoms with Crippen molar-refractivity contribution in [2.75, 3.05) is 17.2 Å². The van der Waals surface area contributed by atoms with Crippen LogP contribution in [0, 0.1) is 13.8 Å². The van der Waals surface area contributed by atoms with E-state index in [4.69, 9.17) is 4.74 Å². The Labute approximate surface area is 306 Å². The van der Waals surface area contributed by atoms with Gasteiger partial charge < -0.3 is 20.7 Å². The van der Waals surface area contributed by atoms with E-state index >= 15 is 0 Å². The Kier molecular flexibility index (Phi) is 12.6. The Morgan fingerprint density at radius 2 is 1.51 bits per heavy atom. The molecule has 10 heteroatoms. The molecule has 0 saturated carbocycles. The fourth-order valence-electron chi connectivity index (χ4n) is 5.10. The molecule has 0 saturated heterocycles. The number of esters is 1. The lowest BCUT2D eigenvalue weighted by Gasteiger charge is -2.16. The van der Waals surface area contributed by atoms with Crippen LogP contribution in [0.5, 0.6) is 0 Å². The first-order valence-corrected chi connectivity index (χ1v) is 18.3. The third-order valence-electron chi connectivity index (χ3n) is 7.82. The lowest BCUT2D eigenvalue weighted by atomic mass is 10.0. The molecule has 0 aliphatic heterocycles. The summed E-state index contributed by atoms with van der Waals surface area (Å²) < 4.78 is 5.37. The number of amides is 3. The van der Waals surface area contributed by atoms with Crippen LogP contribution in [-0.4, -0.2) is 35.5 Å². The van der Waals surface area contributed by atoms with E-state index < -0.39 is 23.0 Å². The van der Waals surface area contributed by atoms with Gasteiger partial charge in [-0.1, -0.05) is 90.8 Å². The smallest absolute Gasteiger partial charge is 0.341 e. The van der Waals surface area contributed by atoms with Crippen molar-refractivity contribution in [3.8, 4) is 11.1 Å². The molecule has 0 spiro atoms. The summed E-state index contributed by atoms with van der Waals surface area (Å²) in [5.74, 6) is -1.66. The zero-order valence-corrected chi connectivity index (χ0v) is 30.5. The van der Waals surface area contributed by atoms with E-state index in [1.807, 2.05) is 86.8 Å². The molecule has 0 fully saturated rings. The predicted molar refractivity (Wildman–Crippen MR) is 207 cm³/mol. The molecule has 5 aromatic rings. The number of hydrogen-bond acceptors (Lipinski definition) is 7. The highest BCUT2D eigenvalue weighted by atomic mass is 32.2. The minimum absolute atomic E-state index is 0.0786. The standard InChI is InChI=1S/C41H39N3O5S2/c1-5-35(39(47)44-40-36(41(48)49-6-2)33(25-50-40)29-21-17-27(4)18-22-29)51-32-14-10-13-31(24-32)42-38(46)34(23-28-19-15-26(3)16-20-28)43-37(45)30-11-8-7-9-12-30/h7-25,35H,5-6H2,1-4H3,(H,42,46)(H,43,45)(H,44,47)/b34-23-. The van der Waals surface area contributed by atoms with E-state index in [1.54, 1.807) is 55.5 Å². The van der Waals surface area contributed by atoms with E-state index in [-0.39, 0.29) is 18.2 Å².